The molecule has 0 saturated heterocycles. The first-order valence-electron chi connectivity index (χ1n) is 5.10. The van der Waals surface area contributed by atoms with E-state index < -0.39 is 0 Å². The van der Waals surface area contributed by atoms with Gasteiger partial charge in [-0.1, -0.05) is 54.6 Å². The van der Waals surface area contributed by atoms with Crippen LogP contribution in [0.25, 0.3) is 0 Å². The Morgan fingerprint density at radius 1 is 0.938 bits per heavy atom. The van der Waals surface area contributed by atoms with Crippen molar-refractivity contribution in [2.24, 2.45) is 5.73 Å². The van der Waals surface area contributed by atoms with E-state index in [-0.39, 0.29) is 5.84 Å². The van der Waals surface area contributed by atoms with Crippen molar-refractivity contribution in [3.63, 3.8) is 0 Å². The van der Waals surface area contributed by atoms with Crippen molar-refractivity contribution >= 4 is 5.84 Å². The van der Waals surface area contributed by atoms with Crippen LogP contribution in [0.5, 0.6) is 0 Å². The molecular weight excluding hydrogens is 196 g/mol. The molecule has 0 saturated carbocycles. The Hall–Kier alpha value is -2.09. The van der Waals surface area contributed by atoms with Gasteiger partial charge < -0.3 is 5.73 Å². The lowest BCUT2D eigenvalue weighted by Crippen LogP contribution is -2.13. The lowest BCUT2D eigenvalue weighted by atomic mass is 9.99. The van der Waals surface area contributed by atoms with Crippen LogP contribution in [0.4, 0.5) is 0 Å². The highest BCUT2D eigenvalue weighted by atomic mass is 14.7. The molecule has 0 fully saturated rings. The first-order chi connectivity index (χ1) is 7.77. The minimum Gasteiger partial charge on any atom is -0.384 e. The molecule has 0 amide bonds. The van der Waals surface area contributed by atoms with Gasteiger partial charge in [-0.25, -0.2) is 0 Å². The second-order valence-corrected chi connectivity index (χ2v) is 3.56. The van der Waals surface area contributed by atoms with Gasteiger partial charge in [0.05, 0.1) is 0 Å². The Labute approximate surface area is 95.2 Å². The zero-order valence-corrected chi connectivity index (χ0v) is 8.85. The molecule has 3 N–H and O–H groups in total. The molecule has 0 aromatic heterocycles. The number of nitrogens with two attached hydrogens (primary N) is 1. The fourth-order valence-corrected chi connectivity index (χ4v) is 1.60. The van der Waals surface area contributed by atoms with Gasteiger partial charge in [0, 0.05) is 12.0 Å². The number of benzene rings is 2. The molecule has 0 aliphatic carbocycles. The van der Waals surface area contributed by atoms with Gasteiger partial charge in [-0.3, -0.25) is 5.41 Å². The Morgan fingerprint density at radius 3 is 2.25 bits per heavy atom. The largest absolute Gasteiger partial charge is 0.384 e. The average Bonchev–Trinajstić information content (AvgIpc) is 2.31. The van der Waals surface area contributed by atoms with Gasteiger partial charge in [0.25, 0.3) is 0 Å². The minimum atomic E-state index is 0.0998. The number of rotatable bonds is 3. The van der Waals surface area contributed by atoms with Crippen LogP contribution in [-0.4, -0.2) is 5.84 Å². The Morgan fingerprint density at radius 2 is 1.56 bits per heavy atom. The zero-order valence-electron chi connectivity index (χ0n) is 8.85. The van der Waals surface area contributed by atoms with Crippen LogP contribution in [0.3, 0.4) is 0 Å². The fourth-order valence-electron chi connectivity index (χ4n) is 1.60. The second-order valence-electron chi connectivity index (χ2n) is 3.56. The first-order valence-corrected chi connectivity index (χ1v) is 5.10. The van der Waals surface area contributed by atoms with E-state index in [1.807, 2.05) is 61.0 Å². The van der Waals surface area contributed by atoms with Crippen LogP contribution in [0.1, 0.15) is 16.7 Å². The zero-order chi connectivity index (χ0) is 11.4. The molecule has 0 bridgehead atoms. The predicted octanol–water partition coefficient (Wildman–Crippen LogP) is 2.57. The summed E-state index contributed by atoms with van der Waals surface area (Å²) in [6, 6.07) is 17.7. The lowest BCUT2D eigenvalue weighted by Gasteiger charge is -2.07. The molecule has 1 radical (unpaired) electrons. The van der Waals surface area contributed by atoms with Crippen molar-refractivity contribution in [3.8, 4) is 0 Å². The highest BCUT2D eigenvalue weighted by Crippen LogP contribution is 2.15. The monoisotopic (exact) mass is 209 g/mol. The van der Waals surface area contributed by atoms with Crippen molar-refractivity contribution in [2.75, 3.05) is 0 Å². The number of hydrogen-bond acceptors (Lipinski definition) is 1. The molecule has 2 rings (SSSR count). The molecule has 2 heteroatoms. The van der Waals surface area contributed by atoms with Gasteiger partial charge in [-0.05, 0) is 11.1 Å². The molecule has 2 aromatic rings. The van der Waals surface area contributed by atoms with Crippen molar-refractivity contribution < 1.29 is 0 Å². The van der Waals surface area contributed by atoms with Gasteiger partial charge in [-0.15, -0.1) is 0 Å². The van der Waals surface area contributed by atoms with Crippen LogP contribution in [-0.2, 0) is 0 Å². The van der Waals surface area contributed by atoms with Crippen molar-refractivity contribution in [1.82, 2.24) is 0 Å². The molecule has 0 unspecified atom stereocenters. The van der Waals surface area contributed by atoms with E-state index >= 15 is 0 Å². The third-order valence-electron chi connectivity index (χ3n) is 2.37. The van der Waals surface area contributed by atoms with E-state index in [1.165, 1.54) is 0 Å². The summed E-state index contributed by atoms with van der Waals surface area (Å²) in [7, 11) is 0. The third-order valence-corrected chi connectivity index (χ3v) is 2.37. The number of nitrogens with one attached hydrogen (secondary N) is 1. The van der Waals surface area contributed by atoms with Crippen LogP contribution >= 0.6 is 0 Å². The number of amidine groups is 1. The van der Waals surface area contributed by atoms with Crippen LogP contribution in [0, 0.1) is 11.8 Å². The van der Waals surface area contributed by atoms with E-state index in [2.05, 4.69) is 0 Å². The Balaban J connectivity index is 2.31. The fraction of sp³-hybridized carbons (Fsp3) is 0. The maximum absolute atomic E-state index is 7.50. The van der Waals surface area contributed by atoms with Crippen LogP contribution in [0.2, 0.25) is 0 Å². The molecule has 2 aromatic carbocycles. The average molecular weight is 209 g/mol. The molecule has 0 heterocycles. The van der Waals surface area contributed by atoms with Crippen molar-refractivity contribution in [3.05, 3.63) is 77.7 Å². The van der Waals surface area contributed by atoms with Crippen LogP contribution < -0.4 is 5.73 Å². The topological polar surface area (TPSA) is 49.9 Å². The van der Waals surface area contributed by atoms with Gasteiger partial charge >= 0.3 is 0 Å². The summed E-state index contributed by atoms with van der Waals surface area (Å²) < 4.78 is 0. The first kappa shape index (κ1) is 10.4. The van der Waals surface area contributed by atoms with E-state index in [1.54, 1.807) is 0 Å². The third kappa shape index (κ3) is 2.28. The summed E-state index contributed by atoms with van der Waals surface area (Å²) >= 11 is 0. The summed E-state index contributed by atoms with van der Waals surface area (Å²) in [6.07, 6.45) is 2.02. The molecule has 2 nitrogen and oxygen atoms in total. The summed E-state index contributed by atoms with van der Waals surface area (Å²) in [5.74, 6) is 0.0998. The predicted molar refractivity (Wildman–Crippen MR) is 66.4 cm³/mol. The molecule has 16 heavy (non-hydrogen) atoms. The molecule has 0 atom stereocenters. The normalized spacial score (nSPS) is 10.0. The van der Waals surface area contributed by atoms with Gasteiger partial charge in [0.2, 0.25) is 0 Å². The summed E-state index contributed by atoms with van der Waals surface area (Å²) in [5, 5.41) is 7.50. The van der Waals surface area contributed by atoms with E-state index in [9.17, 15) is 0 Å². The smallest absolute Gasteiger partial charge is 0.123 e. The SMILES string of the molecule is N=C(N)c1ccccc1[CH]c1ccccc1. The van der Waals surface area contributed by atoms with Crippen molar-refractivity contribution in [1.29, 1.82) is 5.41 Å². The maximum atomic E-state index is 7.50. The lowest BCUT2D eigenvalue weighted by molar-refractivity contribution is 1.36. The minimum absolute atomic E-state index is 0.0998. The quantitative estimate of drug-likeness (QED) is 0.592. The maximum Gasteiger partial charge on any atom is 0.123 e. The molecule has 0 spiro atoms. The van der Waals surface area contributed by atoms with E-state index in [0.29, 0.717) is 0 Å². The summed E-state index contributed by atoms with van der Waals surface area (Å²) in [5.41, 5.74) is 8.38. The molecule has 0 aliphatic rings. The van der Waals surface area contributed by atoms with Crippen LogP contribution in [0.15, 0.2) is 54.6 Å². The van der Waals surface area contributed by atoms with Gasteiger partial charge in [0.1, 0.15) is 5.84 Å². The van der Waals surface area contributed by atoms with Crippen molar-refractivity contribution in [2.45, 2.75) is 0 Å². The van der Waals surface area contributed by atoms with E-state index in [0.717, 1.165) is 16.7 Å². The Bertz CT molecular complexity index is 489. The molecule has 79 valence electrons. The summed E-state index contributed by atoms with van der Waals surface area (Å²) in [4.78, 5) is 0. The molecule has 0 aliphatic heterocycles. The Kier molecular flexibility index (Phi) is 3.01. The van der Waals surface area contributed by atoms with Gasteiger partial charge in [-0.2, -0.15) is 0 Å². The van der Waals surface area contributed by atoms with E-state index in [4.69, 9.17) is 11.1 Å². The number of nitrogen functional groups attached to an aromatic ring is 1. The summed E-state index contributed by atoms with van der Waals surface area (Å²) in [6.45, 7) is 0. The molecular formula is C14H13N2. The second kappa shape index (κ2) is 4.62. The number of hydrogen-bond donors (Lipinski definition) is 2. The standard InChI is InChI=1S/C14H13N2/c15-14(16)13-9-5-4-8-12(13)10-11-6-2-1-3-7-11/h1-10H,(H3,15,16). The van der Waals surface area contributed by atoms with Gasteiger partial charge in [0.15, 0.2) is 0 Å². The highest BCUT2D eigenvalue weighted by molar-refractivity contribution is 5.97. The highest BCUT2D eigenvalue weighted by Gasteiger charge is 2.04.